The molecule has 1 aliphatic heterocycles. The highest BCUT2D eigenvalue weighted by atomic mass is 35.5. The van der Waals surface area contributed by atoms with E-state index in [9.17, 15) is 9.18 Å². The SMILES string of the molecule is O=C(NC1CCSc2c(F)cccc21)c1ccc(Cl)o1. The third kappa shape index (κ3) is 2.55. The van der Waals surface area contributed by atoms with Gasteiger partial charge in [-0.15, -0.1) is 11.8 Å². The molecular formula is C14H11ClFNO2S. The van der Waals surface area contributed by atoms with E-state index in [1.807, 2.05) is 6.07 Å². The summed E-state index contributed by atoms with van der Waals surface area (Å²) < 4.78 is 18.8. The number of rotatable bonds is 2. The standard InChI is InChI=1S/C14H11ClFNO2S/c15-12-5-4-11(19-12)14(18)17-10-6-7-20-13-8(10)2-1-3-9(13)16/h1-5,10H,6-7H2,(H,17,18). The van der Waals surface area contributed by atoms with Crippen LogP contribution < -0.4 is 5.32 Å². The van der Waals surface area contributed by atoms with Crippen molar-refractivity contribution >= 4 is 29.3 Å². The Bertz CT molecular complexity index is 658. The zero-order valence-corrected chi connectivity index (χ0v) is 11.9. The van der Waals surface area contributed by atoms with E-state index in [2.05, 4.69) is 5.32 Å². The highest BCUT2D eigenvalue weighted by molar-refractivity contribution is 7.99. The van der Waals surface area contributed by atoms with Gasteiger partial charge in [-0.3, -0.25) is 4.79 Å². The van der Waals surface area contributed by atoms with Crippen LogP contribution in [0.2, 0.25) is 5.22 Å². The Balaban J connectivity index is 1.83. The van der Waals surface area contributed by atoms with Gasteiger partial charge in [-0.1, -0.05) is 12.1 Å². The maximum atomic E-state index is 13.7. The molecule has 2 heterocycles. The molecule has 1 N–H and O–H groups in total. The summed E-state index contributed by atoms with van der Waals surface area (Å²) in [6.45, 7) is 0. The van der Waals surface area contributed by atoms with E-state index in [-0.39, 0.29) is 28.7 Å². The van der Waals surface area contributed by atoms with Gasteiger partial charge in [-0.2, -0.15) is 0 Å². The zero-order valence-electron chi connectivity index (χ0n) is 10.4. The molecule has 1 aliphatic rings. The van der Waals surface area contributed by atoms with Gasteiger partial charge in [0.05, 0.1) is 6.04 Å². The minimum atomic E-state index is -0.344. The molecule has 3 nitrogen and oxygen atoms in total. The molecule has 6 heteroatoms. The highest BCUT2D eigenvalue weighted by Crippen LogP contribution is 2.37. The third-order valence-electron chi connectivity index (χ3n) is 3.13. The lowest BCUT2D eigenvalue weighted by Gasteiger charge is -2.25. The Hall–Kier alpha value is -1.46. The summed E-state index contributed by atoms with van der Waals surface area (Å²) in [4.78, 5) is 12.7. The van der Waals surface area contributed by atoms with Crippen LogP contribution in [0.5, 0.6) is 0 Å². The molecule has 0 radical (unpaired) electrons. The maximum absolute atomic E-state index is 13.7. The second kappa shape index (κ2) is 5.50. The summed E-state index contributed by atoms with van der Waals surface area (Å²) in [6.07, 6.45) is 0.751. The monoisotopic (exact) mass is 311 g/mol. The van der Waals surface area contributed by atoms with E-state index in [1.54, 1.807) is 6.07 Å². The van der Waals surface area contributed by atoms with Gasteiger partial charge in [-0.05, 0) is 41.8 Å². The lowest BCUT2D eigenvalue weighted by Crippen LogP contribution is -2.30. The molecule has 1 amide bonds. The van der Waals surface area contributed by atoms with Gasteiger partial charge in [0.15, 0.2) is 11.0 Å². The second-order valence-electron chi connectivity index (χ2n) is 4.43. The van der Waals surface area contributed by atoms with Crippen molar-refractivity contribution in [1.29, 1.82) is 0 Å². The first-order chi connectivity index (χ1) is 9.65. The normalized spacial score (nSPS) is 17.6. The van der Waals surface area contributed by atoms with Gasteiger partial charge in [-0.25, -0.2) is 4.39 Å². The number of carbonyl (C=O) groups excluding carboxylic acids is 1. The van der Waals surface area contributed by atoms with E-state index in [1.165, 1.54) is 30.0 Å². The summed E-state index contributed by atoms with van der Waals surface area (Å²) in [7, 11) is 0. The van der Waals surface area contributed by atoms with Crippen LogP contribution in [0.4, 0.5) is 4.39 Å². The lowest BCUT2D eigenvalue weighted by molar-refractivity contribution is 0.0907. The van der Waals surface area contributed by atoms with Crippen LogP contribution >= 0.6 is 23.4 Å². The topological polar surface area (TPSA) is 42.2 Å². The fourth-order valence-corrected chi connectivity index (χ4v) is 3.49. The number of nitrogens with one attached hydrogen (secondary N) is 1. The number of amides is 1. The van der Waals surface area contributed by atoms with Crippen molar-refractivity contribution in [3.05, 3.63) is 52.7 Å². The van der Waals surface area contributed by atoms with Gasteiger partial charge < -0.3 is 9.73 Å². The van der Waals surface area contributed by atoms with Crippen LogP contribution in [0.15, 0.2) is 39.6 Å². The summed E-state index contributed by atoms with van der Waals surface area (Å²) in [5, 5.41) is 3.03. The molecule has 0 fully saturated rings. The fraction of sp³-hybridized carbons (Fsp3) is 0.214. The first kappa shape index (κ1) is 13.5. The van der Waals surface area contributed by atoms with Gasteiger partial charge in [0.25, 0.3) is 5.91 Å². The summed E-state index contributed by atoms with van der Waals surface area (Å²) >= 11 is 7.12. The van der Waals surface area contributed by atoms with Crippen LogP contribution in [-0.4, -0.2) is 11.7 Å². The molecule has 1 unspecified atom stereocenters. The molecule has 0 spiro atoms. The average molecular weight is 312 g/mol. The Labute approximate surface area is 124 Å². The number of fused-ring (bicyclic) bond motifs is 1. The van der Waals surface area contributed by atoms with Crippen LogP contribution in [0.25, 0.3) is 0 Å². The minimum absolute atomic E-state index is 0.158. The molecule has 0 aliphatic carbocycles. The number of furan rings is 1. The number of halogens is 2. The number of hydrogen-bond donors (Lipinski definition) is 1. The molecule has 1 atom stereocenters. The summed E-state index contributed by atoms with van der Waals surface area (Å²) in [5.74, 6) is 0.334. The van der Waals surface area contributed by atoms with Crippen LogP contribution in [0.1, 0.15) is 28.6 Å². The number of hydrogen-bond acceptors (Lipinski definition) is 3. The molecule has 1 aromatic heterocycles. The predicted molar refractivity (Wildman–Crippen MR) is 75.7 cm³/mol. The smallest absolute Gasteiger partial charge is 0.287 e. The summed E-state index contributed by atoms with van der Waals surface area (Å²) in [6, 6.07) is 7.75. The van der Waals surface area contributed by atoms with Crippen LogP contribution in [0.3, 0.4) is 0 Å². The van der Waals surface area contributed by atoms with Gasteiger partial charge in [0.2, 0.25) is 0 Å². The molecular weight excluding hydrogens is 301 g/mol. The van der Waals surface area contributed by atoms with E-state index in [4.69, 9.17) is 16.0 Å². The molecule has 1 aromatic carbocycles. The Morgan fingerprint density at radius 3 is 3.00 bits per heavy atom. The fourth-order valence-electron chi connectivity index (χ4n) is 2.20. The first-order valence-corrected chi connectivity index (χ1v) is 7.49. The Kier molecular flexibility index (Phi) is 3.72. The maximum Gasteiger partial charge on any atom is 0.287 e. The van der Waals surface area contributed by atoms with Gasteiger partial charge >= 0.3 is 0 Å². The first-order valence-electron chi connectivity index (χ1n) is 6.12. The third-order valence-corrected chi connectivity index (χ3v) is 4.49. The number of benzene rings is 1. The van der Waals surface area contributed by atoms with E-state index >= 15 is 0 Å². The quantitative estimate of drug-likeness (QED) is 0.910. The zero-order chi connectivity index (χ0) is 14.1. The average Bonchev–Trinajstić information content (AvgIpc) is 2.87. The minimum Gasteiger partial charge on any atom is -0.440 e. The van der Waals surface area contributed by atoms with Crippen molar-refractivity contribution < 1.29 is 13.6 Å². The molecule has 2 aromatic rings. The van der Waals surface area contributed by atoms with Crippen LogP contribution in [-0.2, 0) is 0 Å². The van der Waals surface area contributed by atoms with Crippen molar-refractivity contribution in [1.82, 2.24) is 5.32 Å². The molecule has 104 valence electrons. The van der Waals surface area contributed by atoms with E-state index in [0.29, 0.717) is 4.90 Å². The lowest BCUT2D eigenvalue weighted by atomic mass is 10.0. The van der Waals surface area contributed by atoms with Crippen molar-refractivity contribution in [2.24, 2.45) is 0 Å². The molecule has 0 bridgehead atoms. The van der Waals surface area contributed by atoms with Crippen molar-refractivity contribution in [2.75, 3.05) is 5.75 Å². The molecule has 0 saturated heterocycles. The number of thioether (sulfide) groups is 1. The van der Waals surface area contributed by atoms with Crippen molar-refractivity contribution in [2.45, 2.75) is 17.4 Å². The number of carbonyl (C=O) groups is 1. The van der Waals surface area contributed by atoms with Gasteiger partial charge in [0.1, 0.15) is 5.82 Å². The Morgan fingerprint density at radius 1 is 1.40 bits per heavy atom. The Morgan fingerprint density at radius 2 is 2.25 bits per heavy atom. The highest BCUT2D eigenvalue weighted by Gasteiger charge is 2.25. The molecule has 3 rings (SSSR count). The molecule has 0 saturated carbocycles. The molecule has 20 heavy (non-hydrogen) atoms. The second-order valence-corrected chi connectivity index (χ2v) is 5.90. The summed E-state index contributed by atoms with van der Waals surface area (Å²) in [5.41, 5.74) is 0.812. The largest absolute Gasteiger partial charge is 0.440 e. The van der Waals surface area contributed by atoms with Crippen LogP contribution in [0, 0.1) is 5.82 Å². The van der Waals surface area contributed by atoms with Crippen molar-refractivity contribution in [3.63, 3.8) is 0 Å². The van der Waals surface area contributed by atoms with E-state index < -0.39 is 0 Å². The van der Waals surface area contributed by atoms with Crippen molar-refractivity contribution in [3.8, 4) is 0 Å². The van der Waals surface area contributed by atoms with E-state index in [0.717, 1.165) is 17.7 Å². The predicted octanol–water partition coefficient (Wildman–Crippen LogP) is 4.04. The van der Waals surface area contributed by atoms with Gasteiger partial charge in [0, 0.05) is 10.6 Å².